The third-order valence-electron chi connectivity index (χ3n) is 2.79. The van der Waals surface area contributed by atoms with E-state index in [1.807, 2.05) is 19.1 Å². The van der Waals surface area contributed by atoms with Crippen molar-refractivity contribution in [3.05, 3.63) is 23.9 Å². The lowest BCUT2D eigenvalue weighted by Gasteiger charge is -2.27. The molecular weight excluding hydrogens is 284 g/mol. The van der Waals surface area contributed by atoms with Gasteiger partial charge in [-0.2, -0.15) is 0 Å². The van der Waals surface area contributed by atoms with Crippen LogP contribution in [0.15, 0.2) is 18.2 Å². The van der Waals surface area contributed by atoms with Crippen molar-refractivity contribution in [3.63, 3.8) is 0 Å². The fourth-order valence-corrected chi connectivity index (χ4v) is 1.84. The summed E-state index contributed by atoms with van der Waals surface area (Å²) in [7, 11) is 0. The molecular formula is C16H24N2O4. The molecule has 122 valence electrons. The number of carbonyl (C=O) groups excluding carboxylic acids is 1. The number of carboxylic acids is 1. The molecule has 0 aliphatic rings. The van der Waals surface area contributed by atoms with E-state index in [4.69, 9.17) is 9.84 Å². The number of hydrogen-bond donors (Lipinski definition) is 1. The van der Waals surface area contributed by atoms with Crippen molar-refractivity contribution in [2.75, 3.05) is 11.4 Å². The van der Waals surface area contributed by atoms with Gasteiger partial charge in [-0.05, 0) is 52.7 Å². The van der Waals surface area contributed by atoms with Gasteiger partial charge in [0, 0.05) is 18.7 Å². The molecule has 0 aliphatic heterocycles. The van der Waals surface area contributed by atoms with Gasteiger partial charge in [-0.3, -0.25) is 9.69 Å². The number of aromatic nitrogens is 1. The molecule has 1 rings (SSSR count). The zero-order valence-electron chi connectivity index (χ0n) is 13.6. The number of aryl methyl sites for hydroxylation is 1. The average Bonchev–Trinajstić information content (AvgIpc) is 2.36. The first-order valence-corrected chi connectivity index (χ1v) is 7.35. The normalized spacial score (nSPS) is 11.1. The highest BCUT2D eigenvalue weighted by Gasteiger charge is 2.24. The van der Waals surface area contributed by atoms with Crippen LogP contribution in [0.2, 0.25) is 0 Å². The fourth-order valence-electron chi connectivity index (χ4n) is 1.84. The molecule has 0 aliphatic carbocycles. The number of hydrogen-bond acceptors (Lipinski definition) is 4. The summed E-state index contributed by atoms with van der Waals surface area (Å²) in [6.07, 6.45) is 0.686. The molecule has 0 radical (unpaired) electrons. The fraction of sp³-hybridized carbons (Fsp3) is 0.562. The van der Waals surface area contributed by atoms with Crippen LogP contribution in [0.5, 0.6) is 0 Å². The van der Waals surface area contributed by atoms with Gasteiger partial charge in [0.1, 0.15) is 11.4 Å². The Bertz CT molecular complexity index is 523. The molecule has 0 spiro atoms. The van der Waals surface area contributed by atoms with Crippen LogP contribution in [-0.2, 0) is 9.53 Å². The topological polar surface area (TPSA) is 79.7 Å². The minimum Gasteiger partial charge on any atom is -0.481 e. The van der Waals surface area contributed by atoms with Gasteiger partial charge >= 0.3 is 12.1 Å². The number of carboxylic acid groups (broad SMARTS) is 1. The van der Waals surface area contributed by atoms with Crippen LogP contribution in [-0.4, -0.2) is 34.3 Å². The zero-order chi connectivity index (χ0) is 16.8. The molecule has 0 aromatic carbocycles. The maximum absolute atomic E-state index is 12.3. The van der Waals surface area contributed by atoms with Gasteiger partial charge in [-0.15, -0.1) is 0 Å². The Kier molecular flexibility index (Phi) is 6.34. The van der Waals surface area contributed by atoms with E-state index in [0.29, 0.717) is 25.2 Å². The van der Waals surface area contributed by atoms with Crippen LogP contribution in [0.4, 0.5) is 10.6 Å². The number of pyridine rings is 1. The van der Waals surface area contributed by atoms with Gasteiger partial charge in [0.05, 0.1) is 0 Å². The van der Waals surface area contributed by atoms with Crippen LogP contribution < -0.4 is 4.90 Å². The maximum Gasteiger partial charge on any atom is 0.416 e. The first-order valence-electron chi connectivity index (χ1n) is 7.35. The van der Waals surface area contributed by atoms with Gasteiger partial charge in [0.15, 0.2) is 0 Å². The van der Waals surface area contributed by atoms with Crippen molar-refractivity contribution in [2.24, 2.45) is 0 Å². The second-order valence-electron chi connectivity index (χ2n) is 6.12. The Hall–Kier alpha value is -2.11. The molecule has 22 heavy (non-hydrogen) atoms. The van der Waals surface area contributed by atoms with Crippen molar-refractivity contribution in [3.8, 4) is 0 Å². The molecule has 1 aromatic heterocycles. The summed E-state index contributed by atoms with van der Waals surface area (Å²) in [6, 6.07) is 5.42. The predicted octanol–water partition coefficient (Wildman–Crippen LogP) is 3.39. The predicted molar refractivity (Wildman–Crippen MR) is 84.0 cm³/mol. The van der Waals surface area contributed by atoms with E-state index in [9.17, 15) is 9.59 Å². The number of anilines is 1. The summed E-state index contributed by atoms with van der Waals surface area (Å²) in [5.41, 5.74) is 0.205. The standard InChI is InChI=1S/C16H24N2O4/c1-12-8-7-9-13(17-12)18(11-6-5-10-14(19)20)15(21)22-16(2,3)4/h7-9H,5-6,10-11H2,1-4H3,(H,19,20). The number of aliphatic carboxylic acids is 1. The minimum absolute atomic E-state index is 0.0867. The van der Waals surface area contributed by atoms with E-state index in [2.05, 4.69) is 4.98 Å². The van der Waals surface area contributed by atoms with E-state index >= 15 is 0 Å². The lowest BCUT2D eigenvalue weighted by atomic mass is 10.2. The van der Waals surface area contributed by atoms with E-state index < -0.39 is 17.7 Å². The second-order valence-corrected chi connectivity index (χ2v) is 6.12. The monoisotopic (exact) mass is 308 g/mol. The Labute approximate surface area is 131 Å². The Morgan fingerprint density at radius 3 is 2.50 bits per heavy atom. The van der Waals surface area contributed by atoms with E-state index in [1.54, 1.807) is 26.8 Å². The van der Waals surface area contributed by atoms with Crippen LogP contribution in [0.1, 0.15) is 45.7 Å². The van der Waals surface area contributed by atoms with Crippen molar-refractivity contribution >= 4 is 17.9 Å². The largest absolute Gasteiger partial charge is 0.481 e. The molecule has 0 saturated carbocycles. The molecule has 1 heterocycles. The van der Waals surface area contributed by atoms with Crippen LogP contribution in [0.25, 0.3) is 0 Å². The number of unbranched alkanes of at least 4 members (excludes halogenated alkanes) is 1. The summed E-state index contributed by atoms with van der Waals surface area (Å²) >= 11 is 0. The smallest absolute Gasteiger partial charge is 0.416 e. The molecule has 0 fully saturated rings. The first-order chi connectivity index (χ1) is 10.2. The Morgan fingerprint density at radius 1 is 1.27 bits per heavy atom. The highest BCUT2D eigenvalue weighted by Crippen LogP contribution is 2.17. The lowest BCUT2D eigenvalue weighted by molar-refractivity contribution is -0.137. The summed E-state index contributed by atoms with van der Waals surface area (Å²) < 4.78 is 5.40. The second kappa shape index (κ2) is 7.77. The first kappa shape index (κ1) is 17.9. The minimum atomic E-state index is -0.836. The van der Waals surface area contributed by atoms with Gasteiger partial charge in [0.25, 0.3) is 0 Å². The van der Waals surface area contributed by atoms with E-state index in [-0.39, 0.29) is 6.42 Å². The summed E-state index contributed by atoms with van der Waals surface area (Å²) in [5, 5.41) is 8.68. The van der Waals surface area contributed by atoms with E-state index in [0.717, 1.165) is 5.69 Å². The van der Waals surface area contributed by atoms with Crippen molar-refractivity contribution in [2.45, 2.75) is 52.6 Å². The number of nitrogens with zero attached hydrogens (tertiary/aromatic N) is 2. The molecule has 6 heteroatoms. The number of amides is 1. The molecule has 6 nitrogen and oxygen atoms in total. The Balaban J connectivity index is 2.81. The van der Waals surface area contributed by atoms with Gasteiger partial charge in [0.2, 0.25) is 0 Å². The Morgan fingerprint density at radius 2 is 1.95 bits per heavy atom. The molecule has 0 atom stereocenters. The van der Waals surface area contributed by atoms with Crippen LogP contribution >= 0.6 is 0 Å². The van der Waals surface area contributed by atoms with E-state index in [1.165, 1.54) is 4.90 Å². The van der Waals surface area contributed by atoms with Crippen molar-refractivity contribution in [1.82, 2.24) is 4.98 Å². The van der Waals surface area contributed by atoms with Gasteiger partial charge in [-0.25, -0.2) is 9.78 Å². The quantitative estimate of drug-likeness (QED) is 0.815. The number of ether oxygens (including phenoxy) is 1. The zero-order valence-corrected chi connectivity index (χ0v) is 13.6. The third kappa shape index (κ3) is 6.56. The maximum atomic E-state index is 12.3. The van der Waals surface area contributed by atoms with Crippen molar-refractivity contribution in [1.29, 1.82) is 0 Å². The molecule has 0 bridgehead atoms. The molecule has 1 aromatic rings. The van der Waals surface area contributed by atoms with Crippen LogP contribution in [0.3, 0.4) is 0 Å². The highest BCUT2D eigenvalue weighted by molar-refractivity contribution is 5.86. The average molecular weight is 308 g/mol. The highest BCUT2D eigenvalue weighted by atomic mass is 16.6. The summed E-state index contributed by atoms with van der Waals surface area (Å²) in [5.74, 6) is -0.318. The van der Waals surface area contributed by atoms with Crippen LogP contribution in [0, 0.1) is 6.92 Å². The molecule has 1 N–H and O–H groups in total. The SMILES string of the molecule is Cc1cccc(N(CCCCC(=O)O)C(=O)OC(C)(C)C)n1. The number of carbonyl (C=O) groups is 2. The van der Waals surface area contributed by atoms with Crippen molar-refractivity contribution < 1.29 is 19.4 Å². The summed E-state index contributed by atoms with van der Waals surface area (Å²) in [6.45, 7) is 7.63. The van der Waals surface area contributed by atoms with Gasteiger partial charge < -0.3 is 9.84 Å². The molecule has 1 amide bonds. The summed E-state index contributed by atoms with van der Waals surface area (Å²) in [4.78, 5) is 28.7. The molecule has 0 saturated heterocycles. The van der Waals surface area contributed by atoms with Gasteiger partial charge in [-0.1, -0.05) is 6.07 Å². The lowest BCUT2D eigenvalue weighted by Crippen LogP contribution is -2.38. The molecule has 0 unspecified atom stereocenters. The number of rotatable bonds is 6. The third-order valence-corrected chi connectivity index (χ3v) is 2.79.